The van der Waals surface area contributed by atoms with Gasteiger partial charge in [0.05, 0.1) is 16.5 Å². The van der Waals surface area contributed by atoms with Gasteiger partial charge in [0.1, 0.15) is 0 Å². The zero-order chi connectivity index (χ0) is 27.2. The van der Waals surface area contributed by atoms with E-state index in [1.165, 1.54) is 13.2 Å². The molecule has 2 aromatic rings. The second kappa shape index (κ2) is 9.77. The van der Waals surface area contributed by atoms with Gasteiger partial charge in [-0.05, 0) is 60.7 Å². The van der Waals surface area contributed by atoms with E-state index in [1.807, 2.05) is 4.90 Å². The number of aryl methyl sites for hydroxylation is 1. The Morgan fingerprint density at radius 1 is 1.03 bits per heavy atom. The fourth-order valence-electron chi connectivity index (χ4n) is 4.99. The van der Waals surface area contributed by atoms with Crippen molar-refractivity contribution in [3.8, 4) is 0 Å². The topological polar surface area (TPSA) is 54.3 Å². The van der Waals surface area contributed by atoms with E-state index in [0.29, 0.717) is 49.5 Å². The molecule has 4 rings (SSSR count). The highest BCUT2D eigenvalue weighted by Crippen LogP contribution is 2.45. The van der Waals surface area contributed by atoms with E-state index >= 15 is 0 Å². The second-order valence-corrected chi connectivity index (χ2v) is 10.1. The number of benzene rings is 1. The lowest BCUT2D eigenvalue weighted by Crippen LogP contribution is -2.43. The normalized spacial score (nSPS) is 20.9. The minimum Gasteiger partial charge on any atom is -0.352 e. The van der Waals surface area contributed by atoms with Gasteiger partial charge >= 0.3 is 12.4 Å². The van der Waals surface area contributed by atoms with Crippen molar-refractivity contribution in [3.63, 3.8) is 0 Å². The summed E-state index contributed by atoms with van der Waals surface area (Å²) in [6, 6.07) is 2.42. The molecule has 12 heteroatoms. The quantitative estimate of drug-likeness (QED) is 0.517. The van der Waals surface area contributed by atoms with Gasteiger partial charge < -0.3 is 9.88 Å². The zero-order valence-electron chi connectivity index (χ0n) is 20.0. The summed E-state index contributed by atoms with van der Waals surface area (Å²) in [5, 5.41) is 2.58. The largest absolute Gasteiger partial charge is 0.416 e. The van der Waals surface area contributed by atoms with Crippen LogP contribution < -0.4 is 10.9 Å². The molecule has 1 unspecified atom stereocenters. The van der Waals surface area contributed by atoms with Crippen LogP contribution in [0.5, 0.6) is 0 Å². The number of carbonyl (C=O) groups excluding carboxylic acids is 1. The summed E-state index contributed by atoms with van der Waals surface area (Å²) in [4.78, 5) is 26.9. The van der Waals surface area contributed by atoms with E-state index in [9.17, 15) is 40.3 Å². The molecule has 1 aromatic heterocycles. The number of hydrogen-bond donors (Lipinski definition) is 1. The van der Waals surface area contributed by atoms with Gasteiger partial charge in [0, 0.05) is 32.9 Å². The van der Waals surface area contributed by atoms with Crippen LogP contribution in [0.25, 0.3) is 0 Å². The van der Waals surface area contributed by atoms with Crippen LogP contribution in [0.3, 0.4) is 0 Å². The molecular weight excluding hydrogens is 507 g/mol. The average Bonchev–Trinajstić information content (AvgIpc) is 3.52. The Labute approximate surface area is 208 Å². The maximum absolute atomic E-state index is 13.9. The molecule has 1 aliphatic carbocycles. The Kier molecular flexibility index (Phi) is 7.17. The highest BCUT2D eigenvalue weighted by atomic mass is 19.4. The SMILES string of the molecule is Cn1cc(CN2CCC(CC3CC3)(C(=O)NCc3cc(C(F)(F)F)cc(C(F)(F)F)c3)C2)cc(F)c1=O. The lowest BCUT2D eigenvalue weighted by atomic mass is 9.80. The van der Waals surface area contributed by atoms with Crippen molar-refractivity contribution >= 4 is 5.91 Å². The molecule has 2 fully saturated rings. The standard InChI is InChI=1S/C25H26F7N3O2/c1-34-12-17(8-20(26)21(34)36)13-35-5-4-23(14-35,10-15-2-3-15)22(37)33-11-16-6-18(24(27,28)29)9-19(7-16)25(30,31)32/h6-9,12,15H,2-5,10-11,13-14H2,1H3,(H,33,37). The van der Waals surface area contributed by atoms with Gasteiger partial charge in [0.25, 0.3) is 5.56 Å². The summed E-state index contributed by atoms with van der Waals surface area (Å²) in [7, 11) is 1.43. The molecule has 202 valence electrons. The lowest BCUT2D eigenvalue weighted by molar-refractivity contribution is -0.143. The van der Waals surface area contributed by atoms with E-state index in [0.717, 1.165) is 23.5 Å². The van der Waals surface area contributed by atoms with Gasteiger partial charge in [-0.15, -0.1) is 0 Å². The highest BCUT2D eigenvalue weighted by Gasteiger charge is 2.47. The molecule has 0 bridgehead atoms. The van der Waals surface area contributed by atoms with Crippen LogP contribution >= 0.6 is 0 Å². The Morgan fingerprint density at radius 2 is 1.65 bits per heavy atom. The zero-order valence-corrected chi connectivity index (χ0v) is 20.0. The minimum absolute atomic E-state index is 0.0526. The fourth-order valence-corrected chi connectivity index (χ4v) is 4.99. The van der Waals surface area contributed by atoms with Crippen LogP contribution in [-0.2, 0) is 37.3 Å². The Bertz CT molecular complexity index is 1180. The number of likely N-dealkylation sites (tertiary alicyclic amines) is 1. The number of amides is 1. The molecule has 1 saturated heterocycles. The summed E-state index contributed by atoms with van der Waals surface area (Å²) >= 11 is 0. The van der Waals surface area contributed by atoms with Crippen LogP contribution in [-0.4, -0.2) is 28.5 Å². The first-order chi connectivity index (χ1) is 17.2. The van der Waals surface area contributed by atoms with Crippen molar-refractivity contribution < 1.29 is 35.5 Å². The van der Waals surface area contributed by atoms with E-state index in [4.69, 9.17) is 0 Å². The first-order valence-corrected chi connectivity index (χ1v) is 11.8. The number of nitrogens with zero attached hydrogens (tertiary/aromatic N) is 2. The molecule has 5 nitrogen and oxygen atoms in total. The molecule has 1 saturated carbocycles. The summed E-state index contributed by atoms with van der Waals surface area (Å²) < 4.78 is 94.1. The molecule has 1 atom stereocenters. The highest BCUT2D eigenvalue weighted by molar-refractivity contribution is 5.83. The van der Waals surface area contributed by atoms with Gasteiger partial charge in [0.2, 0.25) is 5.91 Å². The number of halogens is 7. The molecule has 1 aromatic carbocycles. The minimum atomic E-state index is -4.97. The summed E-state index contributed by atoms with van der Waals surface area (Å²) in [6.45, 7) is 0.597. The molecule has 2 heterocycles. The van der Waals surface area contributed by atoms with Gasteiger partial charge in [-0.1, -0.05) is 12.8 Å². The molecular formula is C25H26F7N3O2. The average molecular weight is 533 g/mol. The maximum Gasteiger partial charge on any atom is 0.416 e. The fraction of sp³-hybridized carbons (Fsp3) is 0.520. The number of aromatic nitrogens is 1. The maximum atomic E-state index is 13.9. The third-order valence-corrected chi connectivity index (χ3v) is 6.99. The van der Waals surface area contributed by atoms with Crippen LogP contribution in [0.1, 0.15) is 47.9 Å². The van der Waals surface area contributed by atoms with Gasteiger partial charge in [-0.2, -0.15) is 26.3 Å². The van der Waals surface area contributed by atoms with Crippen molar-refractivity contribution in [2.75, 3.05) is 13.1 Å². The van der Waals surface area contributed by atoms with Crippen LogP contribution in [0, 0.1) is 17.2 Å². The molecule has 1 amide bonds. The second-order valence-electron chi connectivity index (χ2n) is 10.1. The van der Waals surface area contributed by atoms with Crippen LogP contribution in [0.2, 0.25) is 0 Å². The third kappa shape index (κ3) is 6.34. The van der Waals surface area contributed by atoms with Crippen molar-refractivity contribution in [2.45, 2.75) is 51.1 Å². The number of rotatable bonds is 7. The number of carbonyl (C=O) groups is 1. The predicted molar refractivity (Wildman–Crippen MR) is 120 cm³/mol. The molecule has 37 heavy (non-hydrogen) atoms. The number of pyridine rings is 1. The predicted octanol–water partition coefficient (Wildman–Crippen LogP) is 4.87. The Hall–Kier alpha value is -2.89. The molecule has 0 spiro atoms. The smallest absolute Gasteiger partial charge is 0.352 e. The van der Waals surface area contributed by atoms with Crippen molar-refractivity contribution in [1.29, 1.82) is 0 Å². The molecule has 1 aliphatic heterocycles. The van der Waals surface area contributed by atoms with Gasteiger partial charge in [-0.3, -0.25) is 14.5 Å². The molecule has 0 radical (unpaired) electrons. The number of hydrogen-bond acceptors (Lipinski definition) is 3. The monoisotopic (exact) mass is 533 g/mol. The van der Waals surface area contributed by atoms with Gasteiger partial charge in [0.15, 0.2) is 5.82 Å². The first kappa shape index (κ1) is 27.2. The van der Waals surface area contributed by atoms with E-state index in [-0.39, 0.29) is 18.2 Å². The number of alkyl halides is 6. The number of nitrogens with one attached hydrogen (secondary N) is 1. The molecule has 1 N–H and O–H groups in total. The molecule has 2 aliphatic rings. The Morgan fingerprint density at radius 3 is 2.19 bits per heavy atom. The van der Waals surface area contributed by atoms with E-state index in [1.54, 1.807) is 0 Å². The third-order valence-electron chi connectivity index (χ3n) is 6.99. The van der Waals surface area contributed by atoms with Crippen LogP contribution in [0.4, 0.5) is 30.7 Å². The summed E-state index contributed by atoms with van der Waals surface area (Å²) in [5.74, 6) is -0.994. The summed E-state index contributed by atoms with van der Waals surface area (Å²) in [5.41, 5.74) is -4.24. The Balaban J connectivity index is 1.50. The van der Waals surface area contributed by atoms with Crippen molar-refractivity contribution in [1.82, 2.24) is 14.8 Å². The van der Waals surface area contributed by atoms with E-state index in [2.05, 4.69) is 5.32 Å². The van der Waals surface area contributed by atoms with Gasteiger partial charge in [-0.25, -0.2) is 4.39 Å². The lowest BCUT2D eigenvalue weighted by Gasteiger charge is -2.29. The van der Waals surface area contributed by atoms with Crippen molar-refractivity contribution in [3.05, 3.63) is 68.9 Å². The van der Waals surface area contributed by atoms with Crippen LogP contribution in [0.15, 0.2) is 35.3 Å². The summed E-state index contributed by atoms with van der Waals surface area (Å²) in [6.07, 6.45) is -5.54. The van der Waals surface area contributed by atoms with Crippen molar-refractivity contribution in [2.24, 2.45) is 18.4 Å². The first-order valence-electron chi connectivity index (χ1n) is 11.8. The van der Waals surface area contributed by atoms with E-state index < -0.39 is 52.7 Å².